The predicted molar refractivity (Wildman–Crippen MR) is 84.9 cm³/mol. The Kier molecular flexibility index (Phi) is 4.07. The first-order valence-corrected chi connectivity index (χ1v) is 7.62. The van der Waals surface area contributed by atoms with Crippen LogP contribution in [0.1, 0.15) is 18.1 Å². The van der Waals surface area contributed by atoms with E-state index in [-0.39, 0.29) is 5.92 Å². The smallest absolute Gasteiger partial charge is 0.125 e. The average molecular weight is 283 g/mol. The molecule has 1 aliphatic rings. The minimum atomic E-state index is -1.11. The highest BCUT2D eigenvalue weighted by atomic mass is 19.1. The zero-order valence-corrected chi connectivity index (χ0v) is 12.5. The fourth-order valence-electron chi connectivity index (χ4n) is 3.27. The number of benzene rings is 2. The second-order valence-corrected chi connectivity index (χ2v) is 6.32. The minimum absolute atomic E-state index is 0.0728. The summed E-state index contributed by atoms with van der Waals surface area (Å²) in [5, 5.41) is 0. The van der Waals surface area contributed by atoms with Crippen molar-refractivity contribution < 1.29 is 4.39 Å². The van der Waals surface area contributed by atoms with Gasteiger partial charge in [-0.25, -0.2) is 4.39 Å². The van der Waals surface area contributed by atoms with Gasteiger partial charge in [0.2, 0.25) is 0 Å². The van der Waals surface area contributed by atoms with Crippen LogP contribution in [0.2, 0.25) is 0 Å². The maximum atomic E-state index is 14.9. The van der Waals surface area contributed by atoms with Crippen LogP contribution in [0.4, 0.5) is 4.39 Å². The fraction of sp³-hybridized carbons (Fsp3) is 0.368. The van der Waals surface area contributed by atoms with Crippen molar-refractivity contribution in [1.82, 2.24) is 4.90 Å². The van der Waals surface area contributed by atoms with Crippen LogP contribution >= 0.6 is 0 Å². The van der Waals surface area contributed by atoms with Gasteiger partial charge in [0.25, 0.3) is 0 Å². The number of hydrogen-bond acceptors (Lipinski definition) is 1. The highest BCUT2D eigenvalue weighted by molar-refractivity contribution is 5.18. The molecule has 0 amide bonds. The first-order chi connectivity index (χ1) is 10.1. The minimum Gasteiger partial charge on any atom is -0.296 e. The summed E-state index contributed by atoms with van der Waals surface area (Å²) in [4.78, 5) is 2.24. The third-order valence-electron chi connectivity index (χ3n) is 4.44. The molecule has 110 valence electrons. The first-order valence-electron chi connectivity index (χ1n) is 7.62. The summed E-state index contributed by atoms with van der Waals surface area (Å²) >= 11 is 0. The maximum absolute atomic E-state index is 14.9. The van der Waals surface area contributed by atoms with Crippen molar-refractivity contribution in [2.75, 3.05) is 13.1 Å². The van der Waals surface area contributed by atoms with Gasteiger partial charge < -0.3 is 0 Å². The molecule has 2 aromatic carbocycles. The van der Waals surface area contributed by atoms with E-state index in [4.69, 9.17) is 0 Å². The van der Waals surface area contributed by atoms with Gasteiger partial charge in [-0.1, -0.05) is 60.7 Å². The number of likely N-dealkylation sites (tertiary alicyclic amines) is 1. The second kappa shape index (κ2) is 5.98. The molecule has 1 aliphatic heterocycles. The number of alkyl halides is 1. The zero-order valence-electron chi connectivity index (χ0n) is 12.5. The summed E-state index contributed by atoms with van der Waals surface area (Å²) in [6, 6.07) is 20.6. The molecule has 0 aromatic heterocycles. The monoisotopic (exact) mass is 283 g/mol. The van der Waals surface area contributed by atoms with E-state index in [0.717, 1.165) is 19.5 Å². The average Bonchev–Trinajstić information content (AvgIpc) is 2.75. The van der Waals surface area contributed by atoms with E-state index in [1.807, 2.05) is 36.4 Å². The Labute approximate surface area is 126 Å². The Bertz CT molecular complexity index is 565. The molecule has 2 atom stereocenters. The lowest BCUT2D eigenvalue weighted by molar-refractivity contribution is 0.143. The Morgan fingerprint density at radius 2 is 1.57 bits per heavy atom. The van der Waals surface area contributed by atoms with Gasteiger partial charge in [-0.2, -0.15) is 0 Å². The molecule has 0 N–H and O–H groups in total. The maximum Gasteiger partial charge on any atom is 0.125 e. The molecule has 0 unspecified atom stereocenters. The summed E-state index contributed by atoms with van der Waals surface area (Å²) in [6.07, 6.45) is 0.819. The van der Waals surface area contributed by atoms with Crippen LogP contribution in [0.25, 0.3) is 0 Å². The fourth-order valence-corrected chi connectivity index (χ4v) is 3.27. The van der Waals surface area contributed by atoms with Crippen LogP contribution in [-0.4, -0.2) is 23.7 Å². The van der Waals surface area contributed by atoms with Gasteiger partial charge in [-0.05, 0) is 24.5 Å². The highest BCUT2D eigenvalue weighted by Crippen LogP contribution is 2.34. The van der Waals surface area contributed by atoms with E-state index in [9.17, 15) is 4.39 Å². The van der Waals surface area contributed by atoms with Crippen LogP contribution in [0.5, 0.6) is 0 Å². The van der Waals surface area contributed by atoms with E-state index in [1.165, 1.54) is 11.1 Å². The van der Waals surface area contributed by atoms with Crippen molar-refractivity contribution in [2.45, 2.75) is 25.6 Å². The predicted octanol–water partition coefficient (Wildman–Crippen LogP) is 4.09. The van der Waals surface area contributed by atoms with Crippen LogP contribution in [-0.2, 0) is 13.0 Å². The Morgan fingerprint density at radius 1 is 1.00 bits per heavy atom. The van der Waals surface area contributed by atoms with E-state index < -0.39 is 5.67 Å². The molecule has 1 saturated heterocycles. The molecular formula is C19H22FN. The summed E-state index contributed by atoms with van der Waals surface area (Å²) in [5.41, 5.74) is 1.38. The molecule has 2 aromatic rings. The standard InChI is InChI=1S/C19H22FN/c1-19(20)15-21(13-17-10-6-3-7-11-17)14-18(19)12-16-8-4-2-5-9-16/h2-11,18H,12-15H2,1H3/t18-,19+/m1/s1. The SMILES string of the molecule is C[C@]1(F)CN(Cc2ccccc2)C[C@H]1Cc1ccccc1. The molecule has 1 heterocycles. The van der Waals surface area contributed by atoms with E-state index in [0.29, 0.717) is 6.54 Å². The molecule has 0 spiro atoms. The van der Waals surface area contributed by atoms with Gasteiger partial charge in [0.05, 0.1) is 0 Å². The van der Waals surface area contributed by atoms with E-state index in [2.05, 4.69) is 29.2 Å². The lowest BCUT2D eigenvalue weighted by atomic mass is 9.89. The van der Waals surface area contributed by atoms with Crippen LogP contribution in [0.15, 0.2) is 60.7 Å². The molecule has 1 nitrogen and oxygen atoms in total. The van der Waals surface area contributed by atoms with Crippen LogP contribution in [0.3, 0.4) is 0 Å². The van der Waals surface area contributed by atoms with Gasteiger partial charge in [0, 0.05) is 25.6 Å². The van der Waals surface area contributed by atoms with Gasteiger partial charge in [-0.15, -0.1) is 0 Å². The molecule has 3 rings (SSSR count). The van der Waals surface area contributed by atoms with E-state index >= 15 is 0 Å². The molecule has 0 aliphatic carbocycles. The van der Waals surface area contributed by atoms with Crippen molar-refractivity contribution in [2.24, 2.45) is 5.92 Å². The quantitative estimate of drug-likeness (QED) is 0.817. The summed E-state index contributed by atoms with van der Waals surface area (Å²) < 4.78 is 14.9. The number of nitrogens with zero attached hydrogens (tertiary/aromatic N) is 1. The highest BCUT2D eigenvalue weighted by Gasteiger charge is 2.42. The number of hydrogen-bond donors (Lipinski definition) is 0. The van der Waals surface area contributed by atoms with Crippen LogP contribution in [0, 0.1) is 5.92 Å². The summed E-state index contributed by atoms with van der Waals surface area (Å²) in [7, 11) is 0. The molecule has 21 heavy (non-hydrogen) atoms. The van der Waals surface area contributed by atoms with Gasteiger partial charge in [0.1, 0.15) is 5.67 Å². The molecule has 2 heteroatoms. The lowest BCUT2D eigenvalue weighted by Crippen LogP contribution is -2.30. The molecule has 0 radical (unpaired) electrons. The number of halogens is 1. The van der Waals surface area contributed by atoms with E-state index in [1.54, 1.807) is 6.92 Å². The Morgan fingerprint density at radius 3 is 2.19 bits per heavy atom. The molecule has 0 saturated carbocycles. The van der Waals surface area contributed by atoms with Gasteiger partial charge in [-0.3, -0.25) is 4.90 Å². The summed E-state index contributed by atoms with van der Waals surface area (Å²) in [6.45, 7) is 3.95. The first kappa shape index (κ1) is 14.3. The number of rotatable bonds is 4. The zero-order chi connectivity index (χ0) is 14.7. The molecule has 0 bridgehead atoms. The van der Waals surface area contributed by atoms with Crippen molar-refractivity contribution in [1.29, 1.82) is 0 Å². The largest absolute Gasteiger partial charge is 0.296 e. The normalized spacial score (nSPS) is 26.1. The molecular weight excluding hydrogens is 261 g/mol. The third kappa shape index (κ3) is 3.51. The Hall–Kier alpha value is -1.67. The van der Waals surface area contributed by atoms with Gasteiger partial charge in [0.15, 0.2) is 0 Å². The van der Waals surface area contributed by atoms with Crippen LogP contribution < -0.4 is 0 Å². The van der Waals surface area contributed by atoms with Crippen molar-refractivity contribution in [3.05, 3.63) is 71.8 Å². The Balaban J connectivity index is 1.66. The second-order valence-electron chi connectivity index (χ2n) is 6.32. The topological polar surface area (TPSA) is 3.24 Å². The lowest BCUT2D eigenvalue weighted by Gasteiger charge is -2.21. The van der Waals surface area contributed by atoms with Gasteiger partial charge >= 0.3 is 0 Å². The van der Waals surface area contributed by atoms with Crippen molar-refractivity contribution in [3.8, 4) is 0 Å². The molecule has 1 fully saturated rings. The van der Waals surface area contributed by atoms with Crippen molar-refractivity contribution in [3.63, 3.8) is 0 Å². The van der Waals surface area contributed by atoms with Crippen molar-refractivity contribution >= 4 is 0 Å². The third-order valence-corrected chi connectivity index (χ3v) is 4.44. The summed E-state index contributed by atoms with van der Waals surface area (Å²) in [5.74, 6) is 0.0728.